The summed E-state index contributed by atoms with van der Waals surface area (Å²) >= 11 is 1.57. The van der Waals surface area contributed by atoms with Gasteiger partial charge < -0.3 is 15.7 Å². The number of alkyl halides is 3. The van der Waals surface area contributed by atoms with E-state index in [1.54, 1.807) is 16.8 Å². The molecule has 1 aromatic heterocycles. The quantitative estimate of drug-likeness (QED) is 0.427. The summed E-state index contributed by atoms with van der Waals surface area (Å²) in [6.07, 6.45) is -1.78. The molecule has 37 heavy (non-hydrogen) atoms. The Bertz CT molecular complexity index is 1080. The van der Waals surface area contributed by atoms with E-state index >= 15 is 0 Å². The fourth-order valence-electron chi connectivity index (χ4n) is 6.26. The van der Waals surface area contributed by atoms with E-state index in [-0.39, 0.29) is 48.1 Å². The molecule has 2 heterocycles. The number of nitrogens with one attached hydrogen (secondary N) is 2. The minimum absolute atomic E-state index is 0.00767. The molecule has 202 valence electrons. The summed E-state index contributed by atoms with van der Waals surface area (Å²) in [4.78, 5) is 30.6. The van der Waals surface area contributed by atoms with Gasteiger partial charge in [-0.05, 0) is 48.6 Å². The number of Topliss-reactive ketones (excluding diaryl/α,β-unsaturated/α-hetero) is 1. The lowest BCUT2D eigenvalue weighted by Gasteiger charge is -2.46. The molecule has 0 radical (unpaired) electrons. The molecule has 6 nitrogen and oxygen atoms in total. The molecule has 6 atom stereocenters. The number of aliphatic hydroxyl groups excluding tert-OH is 1. The van der Waals surface area contributed by atoms with Crippen molar-refractivity contribution < 1.29 is 27.9 Å². The van der Waals surface area contributed by atoms with Crippen LogP contribution in [0.5, 0.6) is 0 Å². The van der Waals surface area contributed by atoms with Crippen LogP contribution in [0.4, 0.5) is 13.2 Å². The first-order valence-corrected chi connectivity index (χ1v) is 13.7. The normalized spacial score (nSPS) is 28.4. The van der Waals surface area contributed by atoms with Crippen LogP contribution in [0.25, 0.3) is 0 Å². The first-order valence-electron chi connectivity index (χ1n) is 12.8. The lowest BCUT2D eigenvalue weighted by Crippen LogP contribution is -2.48. The lowest BCUT2D eigenvalue weighted by molar-refractivity contribution is -0.137. The van der Waals surface area contributed by atoms with Gasteiger partial charge in [0.15, 0.2) is 5.78 Å². The van der Waals surface area contributed by atoms with E-state index in [2.05, 4.69) is 29.5 Å². The van der Waals surface area contributed by atoms with Crippen molar-refractivity contribution in [2.45, 2.75) is 63.8 Å². The lowest BCUT2D eigenvalue weighted by atomic mass is 9.61. The van der Waals surface area contributed by atoms with Crippen LogP contribution in [0, 0.1) is 23.7 Å². The fourth-order valence-corrected chi connectivity index (χ4v) is 7.10. The van der Waals surface area contributed by atoms with Gasteiger partial charge in [-0.25, -0.2) is 0 Å². The number of benzene rings is 1. The Labute approximate surface area is 219 Å². The van der Waals surface area contributed by atoms with E-state index in [4.69, 9.17) is 0 Å². The van der Waals surface area contributed by atoms with Gasteiger partial charge in [0.05, 0.1) is 17.2 Å². The molecule has 1 saturated heterocycles. The summed E-state index contributed by atoms with van der Waals surface area (Å²) < 4.78 is 38.9. The fraction of sp³-hybridized carbons (Fsp3) is 0.593. The summed E-state index contributed by atoms with van der Waals surface area (Å²) in [7, 11) is 0. The third-order valence-electron chi connectivity index (χ3n) is 7.92. The molecule has 1 aliphatic carbocycles. The number of amides is 1. The van der Waals surface area contributed by atoms with Gasteiger partial charge in [-0.3, -0.25) is 14.6 Å². The third kappa shape index (κ3) is 6.41. The molecule has 10 heteroatoms. The third-order valence-corrected chi connectivity index (χ3v) is 8.79. The number of ketones is 1. The van der Waals surface area contributed by atoms with Gasteiger partial charge in [-0.15, -0.1) is 11.3 Å². The maximum absolute atomic E-state index is 13.0. The number of aliphatic hydroxyl groups is 1. The van der Waals surface area contributed by atoms with E-state index in [0.717, 1.165) is 30.0 Å². The highest BCUT2D eigenvalue weighted by atomic mass is 32.1. The van der Waals surface area contributed by atoms with Crippen molar-refractivity contribution in [3.63, 3.8) is 0 Å². The Hall–Kier alpha value is -2.30. The van der Waals surface area contributed by atoms with E-state index in [0.29, 0.717) is 24.8 Å². The Morgan fingerprint density at radius 1 is 1.19 bits per heavy atom. The molecular weight excluding hydrogens is 503 g/mol. The number of hydrogen-bond donors (Lipinski definition) is 3. The highest BCUT2D eigenvalue weighted by molar-refractivity contribution is 7.09. The second kappa shape index (κ2) is 11.6. The van der Waals surface area contributed by atoms with Gasteiger partial charge in [0, 0.05) is 54.5 Å². The van der Waals surface area contributed by atoms with Crippen LogP contribution in [-0.4, -0.2) is 47.0 Å². The monoisotopic (exact) mass is 537 g/mol. The Balaban J connectivity index is 1.39. The zero-order chi connectivity index (χ0) is 26.7. The Kier molecular flexibility index (Phi) is 8.70. The maximum Gasteiger partial charge on any atom is 0.416 e. The van der Waals surface area contributed by atoms with E-state index in [1.807, 2.05) is 6.20 Å². The van der Waals surface area contributed by atoms with Crippen molar-refractivity contribution in [3.8, 4) is 0 Å². The van der Waals surface area contributed by atoms with Crippen molar-refractivity contribution >= 4 is 23.0 Å². The van der Waals surface area contributed by atoms with Crippen LogP contribution in [-0.2, 0) is 11.0 Å². The van der Waals surface area contributed by atoms with Crippen molar-refractivity contribution in [2.24, 2.45) is 23.7 Å². The van der Waals surface area contributed by atoms with E-state index < -0.39 is 23.6 Å². The summed E-state index contributed by atoms with van der Waals surface area (Å²) in [6, 6.07) is 4.19. The van der Waals surface area contributed by atoms with Crippen molar-refractivity contribution in [1.29, 1.82) is 0 Å². The van der Waals surface area contributed by atoms with E-state index in [1.165, 1.54) is 12.1 Å². The predicted octanol–water partition coefficient (Wildman–Crippen LogP) is 4.66. The molecular formula is C27H34F3N3O3S. The smallest absolute Gasteiger partial charge is 0.392 e. The summed E-state index contributed by atoms with van der Waals surface area (Å²) in [5.41, 5.74) is 0.874. The zero-order valence-electron chi connectivity index (χ0n) is 21.0. The number of rotatable bonds is 8. The molecule has 0 bridgehead atoms. The molecule has 4 rings (SSSR count). The number of carbonyl (C=O) groups excluding carboxylic acids is 2. The van der Waals surface area contributed by atoms with Crippen LogP contribution < -0.4 is 10.6 Å². The number of aromatic nitrogens is 1. The average Bonchev–Trinajstić information content (AvgIpc) is 3.54. The second-order valence-electron chi connectivity index (χ2n) is 10.6. The van der Waals surface area contributed by atoms with E-state index in [9.17, 15) is 27.9 Å². The average molecular weight is 538 g/mol. The SMILES string of the molecule is CC(C)C1C(C2CNC[C@@H]2NC(=O)CCC(=O)c2cccc(C(F)(F)F)c2)CCC(O)C1c1cncs1. The van der Waals surface area contributed by atoms with Crippen LogP contribution in [0.3, 0.4) is 0 Å². The summed E-state index contributed by atoms with van der Waals surface area (Å²) in [5, 5.41) is 17.4. The second-order valence-corrected chi connectivity index (χ2v) is 11.5. The van der Waals surface area contributed by atoms with Gasteiger partial charge in [0.25, 0.3) is 0 Å². The largest absolute Gasteiger partial charge is 0.416 e. The molecule has 1 aliphatic heterocycles. The van der Waals surface area contributed by atoms with Crippen LogP contribution in [0.1, 0.15) is 66.2 Å². The topological polar surface area (TPSA) is 91.3 Å². The number of halogens is 3. The first kappa shape index (κ1) is 27.7. The van der Waals surface area contributed by atoms with Gasteiger partial charge in [0.1, 0.15) is 0 Å². The highest BCUT2D eigenvalue weighted by Gasteiger charge is 2.47. The molecule has 1 amide bonds. The van der Waals surface area contributed by atoms with Crippen LogP contribution in [0.15, 0.2) is 36.0 Å². The summed E-state index contributed by atoms with van der Waals surface area (Å²) in [6.45, 7) is 5.73. The number of nitrogens with zero attached hydrogens (tertiary/aromatic N) is 1. The molecule has 1 aromatic carbocycles. The summed E-state index contributed by atoms with van der Waals surface area (Å²) in [5.74, 6) is 0.269. The molecule has 2 fully saturated rings. The first-order chi connectivity index (χ1) is 17.6. The Morgan fingerprint density at radius 3 is 2.65 bits per heavy atom. The van der Waals surface area contributed by atoms with Crippen molar-refractivity contribution in [3.05, 3.63) is 52.0 Å². The molecule has 0 spiro atoms. The maximum atomic E-state index is 13.0. The number of thiazole rings is 1. The molecule has 3 N–H and O–H groups in total. The van der Waals surface area contributed by atoms with Gasteiger partial charge in [-0.2, -0.15) is 13.2 Å². The molecule has 2 aromatic rings. The van der Waals surface area contributed by atoms with Gasteiger partial charge in [0.2, 0.25) is 5.91 Å². The minimum atomic E-state index is -4.53. The van der Waals surface area contributed by atoms with Crippen LogP contribution in [0.2, 0.25) is 0 Å². The minimum Gasteiger partial charge on any atom is -0.392 e. The molecule has 1 saturated carbocycles. The van der Waals surface area contributed by atoms with Crippen molar-refractivity contribution in [2.75, 3.05) is 13.1 Å². The zero-order valence-corrected chi connectivity index (χ0v) is 21.8. The molecule has 2 aliphatic rings. The predicted molar refractivity (Wildman–Crippen MR) is 135 cm³/mol. The van der Waals surface area contributed by atoms with Crippen molar-refractivity contribution in [1.82, 2.24) is 15.6 Å². The molecule has 5 unspecified atom stereocenters. The number of hydrogen-bond acceptors (Lipinski definition) is 6. The Morgan fingerprint density at radius 2 is 1.97 bits per heavy atom. The van der Waals surface area contributed by atoms with Gasteiger partial charge >= 0.3 is 6.18 Å². The van der Waals surface area contributed by atoms with Crippen LogP contribution >= 0.6 is 11.3 Å². The standard InChI is InChI=1S/C27H34F3N3O3S/c1-15(2)25-18(6-7-22(35)26(25)23-13-32-14-37-23)19-11-31-12-20(19)33-24(36)9-8-21(34)16-4-3-5-17(10-16)27(28,29)30/h3-5,10,13-15,18-20,22,25-26,31,35H,6-9,11-12H2,1-2H3,(H,33,36)/t18?,19?,20-,22?,25?,26?/m0/s1. The van der Waals surface area contributed by atoms with Gasteiger partial charge in [-0.1, -0.05) is 26.0 Å². The number of carbonyl (C=O) groups is 2. The highest BCUT2D eigenvalue weighted by Crippen LogP contribution is 2.49.